The van der Waals surface area contributed by atoms with Crippen LogP contribution in [0.15, 0.2) is 9.59 Å². The van der Waals surface area contributed by atoms with Gasteiger partial charge in [0.15, 0.2) is 0 Å². The molecule has 0 atom stereocenters. The molecule has 0 bridgehead atoms. The van der Waals surface area contributed by atoms with Crippen LogP contribution in [-0.2, 0) is 14.1 Å². The van der Waals surface area contributed by atoms with Crippen LogP contribution in [0.2, 0.25) is 0 Å². The van der Waals surface area contributed by atoms with Crippen molar-refractivity contribution in [3.8, 4) is 0 Å². The second-order valence-electron chi connectivity index (χ2n) is 4.00. The molecule has 0 aromatic carbocycles. The summed E-state index contributed by atoms with van der Waals surface area (Å²) in [6, 6.07) is 0. The van der Waals surface area contributed by atoms with Crippen LogP contribution in [0.1, 0.15) is 13.3 Å². The molecule has 2 heterocycles. The van der Waals surface area contributed by atoms with E-state index in [0.29, 0.717) is 18.2 Å². The maximum Gasteiger partial charge on any atom is 0.332 e. The van der Waals surface area contributed by atoms with Gasteiger partial charge in [-0.15, -0.1) is 0 Å². The van der Waals surface area contributed by atoms with Crippen LogP contribution in [0.3, 0.4) is 0 Å². The highest BCUT2D eigenvalue weighted by molar-refractivity contribution is 5.70. The molecule has 2 rings (SSSR count). The van der Waals surface area contributed by atoms with Crippen molar-refractivity contribution in [2.75, 3.05) is 23.4 Å². The van der Waals surface area contributed by atoms with Gasteiger partial charge in [0.2, 0.25) is 0 Å². The van der Waals surface area contributed by atoms with Gasteiger partial charge in [-0.25, -0.2) is 4.79 Å². The molecule has 0 fully saturated rings. The van der Waals surface area contributed by atoms with Crippen LogP contribution in [0.4, 0.5) is 11.5 Å². The van der Waals surface area contributed by atoms with E-state index >= 15 is 0 Å². The first-order valence-electron chi connectivity index (χ1n) is 5.36. The van der Waals surface area contributed by atoms with Gasteiger partial charge < -0.3 is 10.2 Å². The smallest absolute Gasteiger partial charge is 0.332 e. The van der Waals surface area contributed by atoms with Gasteiger partial charge in [-0.3, -0.25) is 13.9 Å². The average Bonchev–Trinajstić information content (AvgIpc) is 2.68. The molecule has 6 nitrogen and oxygen atoms in total. The van der Waals surface area contributed by atoms with Crippen molar-refractivity contribution in [1.29, 1.82) is 0 Å². The summed E-state index contributed by atoms with van der Waals surface area (Å²) in [5.74, 6) is 0.704. The van der Waals surface area contributed by atoms with Gasteiger partial charge in [-0.05, 0) is 6.42 Å². The third-order valence-corrected chi connectivity index (χ3v) is 2.87. The van der Waals surface area contributed by atoms with Crippen LogP contribution in [0.5, 0.6) is 0 Å². The zero-order valence-corrected chi connectivity index (χ0v) is 9.78. The third-order valence-electron chi connectivity index (χ3n) is 2.87. The molecule has 0 radical (unpaired) electrons. The number of aromatic nitrogens is 2. The molecule has 0 saturated carbocycles. The van der Waals surface area contributed by atoms with Crippen LogP contribution < -0.4 is 21.5 Å². The standard InChI is InChI=1S/C10H16N4O2/c1-4-5-14-6-11-7-8(14)12(2)10(16)13(3)9(7)15/h11H,4-6H2,1-3H3. The van der Waals surface area contributed by atoms with Crippen molar-refractivity contribution < 1.29 is 0 Å². The van der Waals surface area contributed by atoms with E-state index in [4.69, 9.17) is 0 Å². The van der Waals surface area contributed by atoms with E-state index < -0.39 is 0 Å². The first-order valence-corrected chi connectivity index (χ1v) is 5.36. The molecule has 0 saturated heterocycles. The highest BCUT2D eigenvalue weighted by Gasteiger charge is 2.25. The Hall–Kier alpha value is -1.72. The van der Waals surface area contributed by atoms with E-state index in [-0.39, 0.29) is 11.2 Å². The van der Waals surface area contributed by atoms with E-state index in [1.807, 2.05) is 4.90 Å². The van der Waals surface area contributed by atoms with Gasteiger partial charge in [0.1, 0.15) is 11.5 Å². The van der Waals surface area contributed by atoms with Gasteiger partial charge in [-0.2, -0.15) is 0 Å². The number of anilines is 2. The molecule has 0 aliphatic carbocycles. The van der Waals surface area contributed by atoms with Crippen molar-refractivity contribution in [2.45, 2.75) is 13.3 Å². The summed E-state index contributed by atoms with van der Waals surface area (Å²) in [7, 11) is 3.19. The SMILES string of the molecule is CCCN1CNc2c1n(C)c(=O)n(C)c2=O. The molecular formula is C10H16N4O2. The van der Waals surface area contributed by atoms with Crippen LogP contribution in [-0.4, -0.2) is 22.3 Å². The first kappa shape index (κ1) is 10.8. The number of rotatable bonds is 2. The largest absolute Gasteiger partial charge is 0.360 e. The molecule has 0 unspecified atom stereocenters. The van der Waals surface area contributed by atoms with Gasteiger partial charge in [0.05, 0.1) is 6.67 Å². The molecule has 6 heteroatoms. The summed E-state index contributed by atoms with van der Waals surface area (Å²) in [5, 5.41) is 3.05. The summed E-state index contributed by atoms with van der Waals surface area (Å²) in [4.78, 5) is 25.6. The fourth-order valence-corrected chi connectivity index (χ4v) is 2.06. The summed E-state index contributed by atoms with van der Waals surface area (Å²) < 4.78 is 2.65. The second-order valence-corrected chi connectivity index (χ2v) is 4.00. The molecule has 0 spiro atoms. The minimum Gasteiger partial charge on any atom is -0.360 e. The Labute approximate surface area is 93.1 Å². The molecule has 0 amide bonds. The van der Waals surface area contributed by atoms with Gasteiger partial charge in [0, 0.05) is 20.6 Å². The van der Waals surface area contributed by atoms with Crippen molar-refractivity contribution in [1.82, 2.24) is 9.13 Å². The zero-order chi connectivity index (χ0) is 11.9. The fraction of sp³-hybridized carbons (Fsp3) is 0.600. The Kier molecular flexibility index (Phi) is 2.49. The lowest BCUT2D eigenvalue weighted by atomic mass is 10.4. The minimum atomic E-state index is -0.284. The third kappa shape index (κ3) is 1.33. The Morgan fingerprint density at radius 1 is 1.25 bits per heavy atom. The second kappa shape index (κ2) is 3.70. The summed E-state index contributed by atoms with van der Waals surface area (Å²) in [5.41, 5.74) is -0.0108. The van der Waals surface area contributed by atoms with E-state index in [1.165, 1.54) is 11.6 Å². The van der Waals surface area contributed by atoms with E-state index in [0.717, 1.165) is 17.5 Å². The maximum atomic E-state index is 11.8. The number of hydrogen-bond acceptors (Lipinski definition) is 4. The molecule has 1 aromatic heterocycles. The highest BCUT2D eigenvalue weighted by Crippen LogP contribution is 2.25. The maximum absolute atomic E-state index is 11.8. The lowest BCUT2D eigenvalue weighted by molar-refractivity contribution is 0.678. The topological polar surface area (TPSA) is 59.3 Å². The zero-order valence-electron chi connectivity index (χ0n) is 9.78. The lowest BCUT2D eigenvalue weighted by Gasteiger charge is -2.19. The molecular weight excluding hydrogens is 208 g/mol. The molecule has 1 aliphatic heterocycles. The minimum absolute atomic E-state index is 0.253. The van der Waals surface area contributed by atoms with E-state index in [9.17, 15) is 9.59 Å². The van der Waals surface area contributed by atoms with E-state index in [2.05, 4.69) is 12.2 Å². The monoisotopic (exact) mass is 224 g/mol. The number of nitrogens with zero attached hydrogens (tertiary/aromatic N) is 3. The number of hydrogen-bond donors (Lipinski definition) is 1. The normalized spacial score (nSPS) is 13.8. The van der Waals surface area contributed by atoms with Crippen LogP contribution in [0.25, 0.3) is 0 Å². The number of fused-ring (bicyclic) bond motifs is 1. The molecule has 16 heavy (non-hydrogen) atoms. The van der Waals surface area contributed by atoms with Crippen molar-refractivity contribution in [3.05, 3.63) is 20.8 Å². The highest BCUT2D eigenvalue weighted by atomic mass is 16.2. The fourth-order valence-electron chi connectivity index (χ4n) is 2.06. The molecule has 1 aromatic rings. The predicted octanol–water partition coefficient (Wildman–Crippen LogP) is -0.317. The average molecular weight is 224 g/mol. The predicted molar refractivity (Wildman–Crippen MR) is 63.1 cm³/mol. The molecule has 1 aliphatic rings. The Balaban J connectivity index is 2.68. The summed E-state index contributed by atoms with van der Waals surface area (Å²) >= 11 is 0. The Bertz CT molecular complexity index is 529. The molecule has 88 valence electrons. The quantitative estimate of drug-likeness (QED) is 0.748. The molecule has 1 N–H and O–H groups in total. The first-order chi connectivity index (χ1) is 7.57. The van der Waals surface area contributed by atoms with Crippen LogP contribution >= 0.6 is 0 Å². The summed E-state index contributed by atoms with van der Waals surface area (Å²) in [6.07, 6.45) is 0.977. The van der Waals surface area contributed by atoms with Crippen molar-refractivity contribution >= 4 is 11.5 Å². The van der Waals surface area contributed by atoms with Crippen molar-refractivity contribution in [3.63, 3.8) is 0 Å². The van der Waals surface area contributed by atoms with Crippen molar-refractivity contribution in [2.24, 2.45) is 14.1 Å². The van der Waals surface area contributed by atoms with Gasteiger partial charge >= 0.3 is 5.69 Å². The van der Waals surface area contributed by atoms with Gasteiger partial charge in [-0.1, -0.05) is 6.92 Å². The Morgan fingerprint density at radius 2 is 1.94 bits per heavy atom. The Morgan fingerprint density at radius 3 is 2.56 bits per heavy atom. The summed E-state index contributed by atoms with van der Waals surface area (Å²) in [6.45, 7) is 3.49. The number of nitrogens with one attached hydrogen (secondary N) is 1. The van der Waals surface area contributed by atoms with E-state index in [1.54, 1.807) is 7.05 Å². The lowest BCUT2D eigenvalue weighted by Crippen LogP contribution is -2.38. The van der Waals surface area contributed by atoms with Gasteiger partial charge in [0.25, 0.3) is 5.56 Å². The van der Waals surface area contributed by atoms with Crippen LogP contribution in [0, 0.1) is 0 Å².